The fourth-order valence-corrected chi connectivity index (χ4v) is 3.08. The number of hydrogen-bond acceptors (Lipinski definition) is 3. The molecule has 1 N–H and O–H groups in total. The van der Waals surface area contributed by atoms with Crippen LogP contribution in [0.25, 0.3) is 0 Å². The highest BCUT2D eigenvalue weighted by Gasteiger charge is 2.16. The summed E-state index contributed by atoms with van der Waals surface area (Å²) in [4.78, 5) is 2.19. The van der Waals surface area contributed by atoms with Gasteiger partial charge in [0.25, 0.3) is 0 Å². The summed E-state index contributed by atoms with van der Waals surface area (Å²) in [6.45, 7) is 2.31. The van der Waals surface area contributed by atoms with Gasteiger partial charge < -0.3 is 5.11 Å². The number of aromatic hydroxyl groups is 1. The molecule has 1 fully saturated rings. The molecular formula is C11H14ClNO2S. The second kappa shape index (κ2) is 5.17. The Labute approximate surface area is 102 Å². The Morgan fingerprint density at radius 1 is 1.38 bits per heavy atom. The highest BCUT2D eigenvalue weighted by molar-refractivity contribution is 7.85. The molecule has 1 heterocycles. The van der Waals surface area contributed by atoms with E-state index in [9.17, 15) is 9.32 Å². The van der Waals surface area contributed by atoms with E-state index in [-0.39, 0.29) is 5.75 Å². The first kappa shape index (κ1) is 11.9. The van der Waals surface area contributed by atoms with E-state index < -0.39 is 10.8 Å². The molecule has 1 saturated heterocycles. The van der Waals surface area contributed by atoms with Gasteiger partial charge in [-0.15, -0.1) is 0 Å². The van der Waals surface area contributed by atoms with Crippen LogP contribution < -0.4 is 0 Å². The molecule has 5 heteroatoms. The van der Waals surface area contributed by atoms with Crippen LogP contribution in [0.4, 0.5) is 0 Å². The molecule has 1 aromatic rings. The fourth-order valence-electron chi connectivity index (χ4n) is 1.76. The van der Waals surface area contributed by atoms with Crippen molar-refractivity contribution >= 4 is 22.4 Å². The van der Waals surface area contributed by atoms with Crippen LogP contribution in [-0.2, 0) is 17.3 Å². The standard InChI is InChI=1S/C11H14ClNO2S/c12-10-1-2-11(14)9(7-10)8-13-3-5-16(15)6-4-13/h1-2,7,14H,3-6,8H2. The zero-order valence-corrected chi connectivity index (χ0v) is 10.4. The molecule has 16 heavy (non-hydrogen) atoms. The maximum absolute atomic E-state index is 11.2. The van der Waals surface area contributed by atoms with Crippen molar-refractivity contribution in [1.82, 2.24) is 4.90 Å². The molecule has 0 amide bonds. The SMILES string of the molecule is O=S1CCN(Cc2cc(Cl)ccc2O)CC1. The number of rotatable bonds is 2. The molecule has 1 aliphatic rings. The summed E-state index contributed by atoms with van der Waals surface area (Å²) in [5.74, 6) is 1.72. The second-order valence-corrected chi connectivity index (χ2v) is 6.03. The fraction of sp³-hybridized carbons (Fsp3) is 0.455. The zero-order chi connectivity index (χ0) is 11.5. The minimum Gasteiger partial charge on any atom is -0.508 e. The van der Waals surface area contributed by atoms with Crippen LogP contribution in [0.1, 0.15) is 5.56 Å². The number of hydrogen-bond donors (Lipinski definition) is 1. The van der Waals surface area contributed by atoms with Crippen LogP contribution in [0, 0.1) is 0 Å². The van der Waals surface area contributed by atoms with Gasteiger partial charge in [-0.25, -0.2) is 0 Å². The predicted octanol–water partition coefficient (Wildman–Crippen LogP) is 1.61. The monoisotopic (exact) mass is 259 g/mol. The third-order valence-electron chi connectivity index (χ3n) is 2.71. The van der Waals surface area contributed by atoms with Crippen LogP contribution in [-0.4, -0.2) is 38.8 Å². The molecule has 0 bridgehead atoms. The molecule has 88 valence electrons. The van der Waals surface area contributed by atoms with Crippen molar-refractivity contribution in [2.24, 2.45) is 0 Å². The summed E-state index contributed by atoms with van der Waals surface area (Å²) in [5.41, 5.74) is 0.834. The van der Waals surface area contributed by atoms with Crippen molar-refractivity contribution in [3.63, 3.8) is 0 Å². The number of benzene rings is 1. The van der Waals surface area contributed by atoms with Crippen LogP contribution >= 0.6 is 11.6 Å². The van der Waals surface area contributed by atoms with Crippen LogP contribution in [0.3, 0.4) is 0 Å². The molecule has 3 nitrogen and oxygen atoms in total. The lowest BCUT2D eigenvalue weighted by molar-refractivity contribution is 0.287. The topological polar surface area (TPSA) is 40.5 Å². The molecule has 0 unspecified atom stereocenters. The van der Waals surface area contributed by atoms with Gasteiger partial charge in [0.1, 0.15) is 5.75 Å². The summed E-state index contributed by atoms with van der Waals surface area (Å²) >= 11 is 5.88. The van der Waals surface area contributed by atoms with Gasteiger partial charge in [-0.2, -0.15) is 0 Å². The molecule has 2 rings (SSSR count). The number of phenolic OH excluding ortho intramolecular Hbond substituents is 1. The largest absolute Gasteiger partial charge is 0.508 e. The highest BCUT2D eigenvalue weighted by Crippen LogP contribution is 2.23. The summed E-state index contributed by atoms with van der Waals surface area (Å²) in [6, 6.07) is 5.06. The van der Waals surface area contributed by atoms with Crippen molar-refractivity contribution in [2.45, 2.75) is 6.54 Å². The average molecular weight is 260 g/mol. The molecule has 0 spiro atoms. The molecule has 0 atom stereocenters. The average Bonchev–Trinajstić information content (AvgIpc) is 2.27. The highest BCUT2D eigenvalue weighted by atomic mass is 35.5. The van der Waals surface area contributed by atoms with Crippen LogP contribution in [0.2, 0.25) is 5.02 Å². The van der Waals surface area contributed by atoms with Crippen molar-refractivity contribution in [3.8, 4) is 5.75 Å². The quantitative estimate of drug-likeness (QED) is 0.877. The Balaban J connectivity index is 2.03. The van der Waals surface area contributed by atoms with Gasteiger partial charge >= 0.3 is 0 Å². The lowest BCUT2D eigenvalue weighted by Crippen LogP contribution is -2.37. The molecule has 0 aromatic heterocycles. The van der Waals surface area contributed by atoms with E-state index in [2.05, 4.69) is 4.90 Å². The van der Waals surface area contributed by atoms with E-state index in [1.54, 1.807) is 18.2 Å². The molecule has 0 saturated carbocycles. The van der Waals surface area contributed by atoms with Crippen molar-refractivity contribution in [3.05, 3.63) is 28.8 Å². The van der Waals surface area contributed by atoms with E-state index in [4.69, 9.17) is 11.6 Å². The number of halogens is 1. The predicted molar refractivity (Wildman–Crippen MR) is 66.3 cm³/mol. The normalized spacial score (nSPS) is 18.8. The van der Waals surface area contributed by atoms with Gasteiger partial charge in [0.05, 0.1) is 0 Å². The minimum atomic E-state index is -0.659. The van der Waals surface area contributed by atoms with Gasteiger partial charge in [0.15, 0.2) is 0 Å². The number of phenols is 1. The molecule has 0 aliphatic carbocycles. The third kappa shape index (κ3) is 2.97. The van der Waals surface area contributed by atoms with Gasteiger partial charge in [-0.3, -0.25) is 9.11 Å². The summed E-state index contributed by atoms with van der Waals surface area (Å²) in [6.07, 6.45) is 0. The Morgan fingerprint density at radius 2 is 2.06 bits per heavy atom. The molecule has 1 aromatic carbocycles. The van der Waals surface area contributed by atoms with E-state index >= 15 is 0 Å². The van der Waals surface area contributed by atoms with Crippen LogP contribution in [0.15, 0.2) is 18.2 Å². The third-order valence-corrected chi connectivity index (χ3v) is 4.22. The Hall–Kier alpha value is -0.580. The Bertz CT molecular complexity index is 401. The van der Waals surface area contributed by atoms with Crippen molar-refractivity contribution < 1.29 is 9.32 Å². The maximum Gasteiger partial charge on any atom is 0.120 e. The van der Waals surface area contributed by atoms with Gasteiger partial charge in [-0.1, -0.05) is 11.6 Å². The van der Waals surface area contributed by atoms with Crippen molar-refractivity contribution in [2.75, 3.05) is 24.6 Å². The van der Waals surface area contributed by atoms with E-state index in [1.807, 2.05) is 0 Å². The number of nitrogens with zero attached hydrogens (tertiary/aromatic N) is 1. The van der Waals surface area contributed by atoms with Gasteiger partial charge in [-0.05, 0) is 18.2 Å². The molecule has 1 aliphatic heterocycles. The molecule has 0 radical (unpaired) electrons. The Kier molecular flexibility index (Phi) is 3.84. The first-order valence-electron chi connectivity index (χ1n) is 5.20. The summed E-state index contributed by atoms with van der Waals surface area (Å²) < 4.78 is 11.2. The van der Waals surface area contributed by atoms with Gasteiger partial charge in [0.2, 0.25) is 0 Å². The van der Waals surface area contributed by atoms with Crippen molar-refractivity contribution in [1.29, 1.82) is 0 Å². The first-order chi connectivity index (χ1) is 7.65. The Morgan fingerprint density at radius 3 is 2.75 bits per heavy atom. The summed E-state index contributed by atoms with van der Waals surface area (Å²) in [5, 5.41) is 10.3. The van der Waals surface area contributed by atoms with E-state index in [0.29, 0.717) is 11.6 Å². The minimum absolute atomic E-state index is 0.274. The van der Waals surface area contributed by atoms with E-state index in [1.165, 1.54) is 0 Å². The molecular weight excluding hydrogens is 246 g/mol. The first-order valence-corrected chi connectivity index (χ1v) is 7.06. The lowest BCUT2D eigenvalue weighted by atomic mass is 10.2. The van der Waals surface area contributed by atoms with Gasteiger partial charge in [0, 0.05) is 52.5 Å². The second-order valence-electron chi connectivity index (χ2n) is 3.90. The van der Waals surface area contributed by atoms with Crippen LogP contribution in [0.5, 0.6) is 5.75 Å². The summed E-state index contributed by atoms with van der Waals surface area (Å²) in [7, 11) is -0.659. The smallest absolute Gasteiger partial charge is 0.120 e. The maximum atomic E-state index is 11.2. The lowest BCUT2D eigenvalue weighted by Gasteiger charge is -2.26. The van der Waals surface area contributed by atoms with E-state index in [0.717, 1.165) is 30.2 Å². The zero-order valence-electron chi connectivity index (χ0n) is 8.86.